The number of nitrogens with one attached hydrogen (secondary N) is 1. The predicted molar refractivity (Wildman–Crippen MR) is 72.9 cm³/mol. The summed E-state index contributed by atoms with van der Waals surface area (Å²) in [6.45, 7) is 0.396. The Balaban J connectivity index is 2.57. The molecule has 0 fully saturated rings. The molecule has 0 spiro atoms. The van der Waals surface area contributed by atoms with E-state index in [0.717, 1.165) is 16.9 Å². The molecule has 0 radical (unpaired) electrons. The van der Waals surface area contributed by atoms with Crippen LogP contribution in [0.4, 0.5) is 0 Å². The van der Waals surface area contributed by atoms with Gasteiger partial charge in [0.2, 0.25) is 10.0 Å². The van der Waals surface area contributed by atoms with Gasteiger partial charge in [0.25, 0.3) is 0 Å². The molecule has 0 aliphatic heterocycles. The van der Waals surface area contributed by atoms with Gasteiger partial charge in [-0.25, -0.2) is 13.1 Å². The van der Waals surface area contributed by atoms with Gasteiger partial charge >= 0.3 is 5.97 Å². The number of esters is 1. The first-order valence-electron chi connectivity index (χ1n) is 5.28. The number of rotatable bonds is 5. The fourth-order valence-electron chi connectivity index (χ4n) is 1.12. The molecule has 1 heterocycles. The minimum absolute atomic E-state index is 0.119. The van der Waals surface area contributed by atoms with Crippen LogP contribution in [0.5, 0.6) is 0 Å². The average molecular weight is 302 g/mol. The Labute approximate surface area is 116 Å². The van der Waals surface area contributed by atoms with Gasteiger partial charge in [-0.05, 0) is 12.1 Å². The van der Waals surface area contributed by atoms with Crippen LogP contribution < -0.4 is 10.5 Å². The third-order valence-corrected chi connectivity index (χ3v) is 4.18. The molecule has 1 aromatic rings. The van der Waals surface area contributed by atoms with Crippen LogP contribution in [0, 0.1) is 11.8 Å². The number of hydrogen-bond donors (Lipinski definition) is 2. The van der Waals surface area contributed by atoms with Crippen molar-refractivity contribution in [3.8, 4) is 11.8 Å². The molecule has 1 rings (SSSR count). The number of hydrogen-bond acceptors (Lipinski definition) is 6. The Hall–Kier alpha value is -1.40. The van der Waals surface area contributed by atoms with Gasteiger partial charge in [-0.3, -0.25) is 4.79 Å². The molecule has 0 aromatic carbocycles. The number of nitrogens with two attached hydrogens (primary N) is 1. The highest BCUT2D eigenvalue weighted by Gasteiger charge is 2.16. The van der Waals surface area contributed by atoms with Crippen LogP contribution in [-0.4, -0.2) is 33.8 Å². The molecule has 0 amide bonds. The van der Waals surface area contributed by atoms with Crippen LogP contribution in [0.25, 0.3) is 0 Å². The molecule has 0 unspecified atom stereocenters. The minimum atomic E-state index is -3.67. The molecule has 0 saturated heterocycles. The molecule has 104 valence electrons. The van der Waals surface area contributed by atoms with Gasteiger partial charge in [0.1, 0.15) is 0 Å². The predicted octanol–water partition coefficient (Wildman–Crippen LogP) is -0.349. The van der Waals surface area contributed by atoms with E-state index in [0.29, 0.717) is 0 Å². The van der Waals surface area contributed by atoms with Gasteiger partial charge < -0.3 is 10.5 Å². The average Bonchev–Trinajstić information content (AvgIpc) is 2.81. The van der Waals surface area contributed by atoms with Gasteiger partial charge in [0.15, 0.2) is 5.75 Å². The van der Waals surface area contributed by atoms with E-state index in [1.54, 1.807) is 12.1 Å². The van der Waals surface area contributed by atoms with E-state index in [2.05, 4.69) is 21.3 Å². The van der Waals surface area contributed by atoms with E-state index in [-0.39, 0.29) is 13.1 Å². The summed E-state index contributed by atoms with van der Waals surface area (Å²) in [5.41, 5.74) is 5.25. The summed E-state index contributed by atoms with van der Waals surface area (Å²) < 4.78 is 29.6. The van der Waals surface area contributed by atoms with E-state index in [4.69, 9.17) is 5.73 Å². The number of sulfonamides is 1. The number of methoxy groups -OCH3 is 1. The standard InChI is InChI=1S/C11H14N2O4S2/c1-17-11(14)8-19(15,16)13-7-10-5-4-9(18-10)3-2-6-12/h4-5,13H,6-8,12H2,1H3. The second-order valence-electron chi connectivity index (χ2n) is 3.43. The zero-order valence-corrected chi connectivity index (χ0v) is 11.9. The van der Waals surface area contributed by atoms with Gasteiger partial charge in [-0.15, -0.1) is 11.3 Å². The number of ether oxygens (including phenoxy) is 1. The van der Waals surface area contributed by atoms with Crippen molar-refractivity contribution >= 4 is 27.3 Å². The summed E-state index contributed by atoms with van der Waals surface area (Å²) in [6, 6.07) is 3.56. The van der Waals surface area contributed by atoms with Gasteiger partial charge in [0.05, 0.1) is 18.5 Å². The number of carbonyl (C=O) groups is 1. The molecule has 8 heteroatoms. The molecule has 0 atom stereocenters. The van der Waals surface area contributed by atoms with Crippen molar-refractivity contribution < 1.29 is 17.9 Å². The largest absolute Gasteiger partial charge is 0.468 e. The second-order valence-corrected chi connectivity index (χ2v) is 6.40. The minimum Gasteiger partial charge on any atom is -0.468 e. The molecule has 3 N–H and O–H groups in total. The van der Waals surface area contributed by atoms with E-state index in [1.165, 1.54) is 11.3 Å². The smallest absolute Gasteiger partial charge is 0.322 e. The number of carbonyl (C=O) groups excluding carboxylic acids is 1. The van der Waals surface area contributed by atoms with Gasteiger partial charge in [-0.2, -0.15) is 0 Å². The maximum atomic E-state index is 11.5. The van der Waals surface area contributed by atoms with Crippen LogP contribution in [0.2, 0.25) is 0 Å². The Morgan fingerprint density at radius 2 is 2.26 bits per heavy atom. The van der Waals surface area contributed by atoms with Crippen LogP contribution in [-0.2, 0) is 26.1 Å². The van der Waals surface area contributed by atoms with Crippen molar-refractivity contribution in [2.45, 2.75) is 6.54 Å². The Morgan fingerprint density at radius 3 is 2.89 bits per heavy atom. The summed E-state index contributed by atoms with van der Waals surface area (Å²) in [5, 5.41) is 0. The molecule has 0 aliphatic rings. The van der Waals surface area contributed by atoms with E-state index in [1.807, 2.05) is 0 Å². The lowest BCUT2D eigenvalue weighted by atomic mass is 10.4. The van der Waals surface area contributed by atoms with Crippen LogP contribution in [0.1, 0.15) is 9.75 Å². The van der Waals surface area contributed by atoms with Crippen molar-refractivity contribution in [3.63, 3.8) is 0 Å². The summed E-state index contributed by atoms with van der Waals surface area (Å²) in [6.07, 6.45) is 0. The highest BCUT2D eigenvalue weighted by Crippen LogP contribution is 2.15. The lowest BCUT2D eigenvalue weighted by Crippen LogP contribution is -2.30. The Morgan fingerprint density at radius 1 is 1.53 bits per heavy atom. The monoisotopic (exact) mass is 302 g/mol. The van der Waals surface area contributed by atoms with Crippen LogP contribution in [0.15, 0.2) is 12.1 Å². The van der Waals surface area contributed by atoms with E-state index in [9.17, 15) is 13.2 Å². The first kappa shape index (κ1) is 15.7. The molecule has 19 heavy (non-hydrogen) atoms. The van der Waals surface area contributed by atoms with Gasteiger partial charge in [-0.1, -0.05) is 11.8 Å². The fraction of sp³-hybridized carbons (Fsp3) is 0.364. The third-order valence-electron chi connectivity index (χ3n) is 1.98. The van der Waals surface area contributed by atoms with Crippen LogP contribution in [0.3, 0.4) is 0 Å². The zero-order valence-electron chi connectivity index (χ0n) is 10.3. The molecule has 0 aliphatic carbocycles. The van der Waals surface area contributed by atoms with Crippen molar-refractivity contribution in [3.05, 3.63) is 21.9 Å². The summed E-state index contributed by atoms with van der Waals surface area (Å²) in [4.78, 5) is 12.5. The highest BCUT2D eigenvalue weighted by molar-refractivity contribution is 7.90. The normalized spacial score (nSPS) is 10.6. The summed E-state index contributed by atoms with van der Waals surface area (Å²) in [5.74, 6) is 4.08. The molecule has 6 nitrogen and oxygen atoms in total. The topological polar surface area (TPSA) is 98.5 Å². The molecular weight excluding hydrogens is 288 g/mol. The van der Waals surface area contributed by atoms with Crippen LogP contribution >= 0.6 is 11.3 Å². The van der Waals surface area contributed by atoms with E-state index >= 15 is 0 Å². The first-order valence-corrected chi connectivity index (χ1v) is 7.75. The summed E-state index contributed by atoms with van der Waals surface area (Å²) in [7, 11) is -2.53. The maximum absolute atomic E-state index is 11.5. The lowest BCUT2D eigenvalue weighted by Gasteiger charge is -2.03. The van der Waals surface area contributed by atoms with Crippen molar-refractivity contribution in [2.24, 2.45) is 5.73 Å². The second kappa shape index (κ2) is 7.25. The SMILES string of the molecule is COC(=O)CS(=O)(=O)NCc1ccc(C#CCN)s1. The molecule has 1 aromatic heterocycles. The summed E-state index contributed by atoms with van der Waals surface area (Å²) >= 11 is 1.37. The van der Waals surface area contributed by atoms with Crippen molar-refractivity contribution in [1.29, 1.82) is 0 Å². The van der Waals surface area contributed by atoms with Gasteiger partial charge in [0, 0.05) is 11.4 Å². The Kier molecular flexibility index (Phi) is 5.98. The highest BCUT2D eigenvalue weighted by atomic mass is 32.2. The Bertz CT molecular complexity index is 596. The lowest BCUT2D eigenvalue weighted by molar-refractivity contribution is -0.137. The van der Waals surface area contributed by atoms with Crippen molar-refractivity contribution in [2.75, 3.05) is 19.4 Å². The van der Waals surface area contributed by atoms with Crippen molar-refractivity contribution in [1.82, 2.24) is 4.72 Å². The molecule has 0 bridgehead atoms. The zero-order chi connectivity index (χ0) is 14.3. The fourth-order valence-corrected chi connectivity index (χ4v) is 2.94. The number of thiophene rings is 1. The molecule has 0 saturated carbocycles. The molecular formula is C11H14N2O4S2. The maximum Gasteiger partial charge on any atom is 0.322 e. The van der Waals surface area contributed by atoms with E-state index < -0.39 is 21.7 Å². The third kappa shape index (κ3) is 5.85. The quantitative estimate of drug-likeness (QED) is 0.572. The first-order chi connectivity index (χ1) is 8.96.